The highest BCUT2D eigenvalue weighted by Crippen LogP contribution is 2.31. The van der Waals surface area contributed by atoms with Gasteiger partial charge in [0.2, 0.25) is 0 Å². The maximum absolute atomic E-state index is 3.71. The first-order chi connectivity index (χ1) is 10.0. The molecule has 2 rings (SSSR count). The lowest BCUT2D eigenvalue weighted by atomic mass is 9.87. The van der Waals surface area contributed by atoms with Crippen molar-refractivity contribution in [3.63, 3.8) is 0 Å². The molecule has 1 aromatic carbocycles. The van der Waals surface area contributed by atoms with Crippen LogP contribution in [0, 0.1) is 5.92 Å². The Balaban J connectivity index is 1.91. The lowest BCUT2D eigenvalue weighted by Crippen LogP contribution is -2.37. The second kappa shape index (κ2) is 7.69. The van der Waals surface area contributed by atoms with Crippen molar-refractivity contribution in [2.45, 2.75) is 69.7 Å². The maximum Gasteiger partial charge on any atom is 0.0189 e. The minimum Gasteiger partial charge on any atom is -0.313 e. The Labute approximate surface area is 135 Å². The van der Waals surface area contributed by atoms with E-state index in [-0.39, 0.29) is 5.41 Å². The van der Waals surface area contributed by atoms with Gasteiger partial charge in [-0.25, -0.2) is 0 Å². The van der Waals surface area contributed by atoms with Gasteiger partial charge in [0.15, 0.2) is 0 Å². The summed E-state index contributed by atoms with van der Waals surface area (Å²) in [7, 11) is 0. The van der Waals surface area contributed by atoms with Crippen molar-refractivity contribution in [2.24, 2.45) is 5.92 Å². The molecule has 1 aliphatic rings. The number of rotatable bonds is 6. The highest BCUT2D eigenvalue weighted by atomic mass is 32.2. The molecule has 21 heavy (non-hydrogen) atoms. The molecule has 1 unspecified atom stereocenters. The van der Waals surface area contributed by atoms with Crippen LogP contribution in [0.25, 0.3) is 0 Å². The molecule has 0 aromatic heterocycles. The summed E-state index contributed by atoms with van der Waals surface area (Å²) in [5.41, 5.74) is 1.67. The number of thioether (sulfide) groups is 1. The maximum atomic E-state index is 3.71. The standard InChI is InChI=1S/C19H31NS/c1-5-20-18(15-8-6-7-9-15)14-21-17-12-10-16(11-13-17)19(2,3)4/h10-13,15,18,20H,5-9,14H2,1-4H3. The van der Waals surface area contributed by atoms with Crippen molar-refractivity contribution < 1.29 is 0 Å². The second-order valence-corrected chi connectivity index (χ2v) is 8.39. The number of hydrogen-bond donors (Lipinski definition) is 1. The van der Waals surface area contributed by atoms with E-state index in [2.05, 4.69) is 57.3 Å². The van der Waals surface area contributed by atoms with Crippen molar-refractivity contribution in [1.82, 2.24) is 5.32 Å². The van der Waals surface area contributed by atoms with Crippen LogP contribution < -0.4 is 5.32 Å². The van der Waals surface area contributed by atoms with Crippen LogP contribution >= 0.6 is 11.8 Å². The molecule has 0 amide bonds. The molecule has 0 bridgehead atoms. The van der Waals surface area contributed by atoms with Gasteiger partial charge in [-0.3, -0.25) is 0 Å². The Kier molecular flexibility index (Phi) is 6.19. The third-order valence-corrected chi connectivity index (χ3v) is 5.72. The van der Waals surface area contributed by atoms with Crippen LogP contribution in [0.3, 0.4) is 0 Å². The zero-order valence-electron chi connectivity index (χ0n) is 14.1. The molecular weight excluding hydrogens is 274 g/mol. The summed E-state index contributed by atoms with van der Waals surface area (Å²) < 4.78 is 0. The zero-order chi connectivity index (χ0) is 15.3. The van der Waals surface area contributed by atoms with E-state index in [1.165, 1.54) is 41.9 Å². The molecule has 0 heterocycles. The Morgan fingerprint density at radius 2 is 1.76 bits per heavy atom. The first kappa shape index (κ1) is 16.9. The van der Waals surface area contributed by atoms with Crippen LogP contribution in [0.4, 0.5) is 0 Å². The molecule has 0 radical (unpaired) electrons. The average Bonchev–Trinajstić information content (AvgIpc) is 2.97. The molecule has 0 saturated heterocycles. The predicted molar refractivity (Wildman–Crippen MR) is 95.3 cm³/mol. The van der Waals surface area contributed by atoms with E-state index < -0.39 is 0 Å². The molecule has 1 aliphatic carbocycles. The van der Waals surface area contributed by atoms with Gasteiger partial charge in [-0.1, -0.05) is 52.7 Å². The molecule has 1 nitrogen and oxygen atoms in total. The topological polar surface area (TPSA) is 12.0 Å². The van der Waals surface area contributed by atoms with Crippen LogP contribution in [-0.4, -0.2) is 18.3 Å². The fourth-order valence-corrected chi connectivity index (χ4v) is 4.31. The molecule has 0 spiro atoms. The molecule has 1 aromatic rings. The molecule has 1 fully saturated rings. The largest absolute Gasteiger partial charge is 0.313 e. The van der Waals surface area contributed by atoms with Gasteiger partial charge in [0.1, 0.15) is 0 Å². The van der Waals surface area contributed by atoms with Crippen molar-refractivity contribution in [3.8, 4) is 0 Å². The Hall–Kier alpha value is -0.470. The summed E-state index contributed by atoms with van der Waals surface area (Å²) in [6.07, 6.45) is 5.69. The van der Waals surface area contributed by atoms with Crippen LogP contribution in [0.1, 0.15) is 58.9 Å². The lowest BCUT2D eigenvalue weighted by Gasteiger charge is -2.24. The van der Waals surface area contributed by atoms with Gasteiger partial charge in [-0.2, -0.15) is 0 Å². The Bertz CT molecular complexity index is 412. The molecule has 1 saturated carbocycles. The summed E-state index contributed by atoms with van der Waals surface area (Å²) >= 11 is 2.01. The number of benzene rings is 1. The van der Waals surface area contributed by atoms with Gasteiger partial charge in [-0.05, 0) is 48.4 Å². The third kappa shape index (κ3) is 5.03. The SMILES string of the molecule is CCNC(CSc1ccc(C(C)(C)C)cc1)C1CCCC1. The van der Waals surface area contributed by atoms with Gasteiger partial charge in [0, 0.05) is 16.7 Å². The summed E-state index contributed by atoms with van der Waals surface area (Å²) in [6, 6.07) is 9.86. The Morgan fingerprint density at radius 1 is 1.14 bits per heavy atom. The third-order valence-electron chi connectivity index (χ3n) is 4.59. The average molecular weight is 306 g/mol. The van der Waals surface area contributed by atoms with E-state index in [1.54, 1.807) is 0 Å². The van der Waals surface area contributed by atoms with Crippen LogP contribution in [-0.2, 0) is 5.41 Å². The first-order valence-corrected chi connectivity index (χ1v) is 9.46. The molecule has 118 valence electrons. The first-order valence-electron chi connectivity index (χ1n) is 8.47. The van der Waals surface area contributed by atoms with E-state index in [1.807, 2.05) is 11.8 Å². The van der Waals surface area contributed by atoms with Crippen molar-refractivity contribution >= 4 is 11.8 Å². The summed E-state index contributed by atoms with van der Waals surface area (Å²) in [5.74, 6) is 2.10. The van der Waals surface area contributed by atoms with Crippen LogP contribution in [0.5, 0.6) is 0 Å². The summed E-state index contributed by atoms with van der Waals surface area (Å²) in [5, 5.41) is 3.71. The fraction of sp³-hybridized carbons (Fsp3) is 0.684. The normalized spacial score (nSPS) is 18.1. The smallest absolute Gasteiger partial charge is 0.0189 e. The second-order valence-electron chi connectivity index (χ2n) is 7.29. The minimum absolute atomic E-state index is 0.249. The molecule has 1 N–H and O–H groups in total. The number of nitrogens with one attached hydrogen (secondary N) is 1. The van der Waals surface area contributed by atoms with Gasteiger partial charge in [0.05, 0.1) is 0 Å². The monoisotopic (exact) mass is 305 g/mol. The van der Waals surface area contributed by atoms with Gasteiger partial charge in [-0.15, -0.1) is 11.8 Å². The van der Waals surface area contributed by atoms with E-state index >= 15 is 0 Å². The Morgan fingerprint density at radius 3 is 2.29 bits per heavy atom. The van der Waals surface area contributed by atoms with Gasteiger partial charge >= 0.3 is 0 Å². The summed E-state index contributed by atoms with van der Waals surface area (Å²) in [4.78, 5) is 1.41. The van der Waals surface area contributed by atoms with E-state index in [0.29, 0.717) is 6.04 Å². The number of hydrogen-bond acceptors (Lipinski definition) is 2. The van der Waals surface area contributed by atoms with Crippen LogP contribution in [0.2, 0.25) is 0 Å². The van der Waals surface area contributed by atoms with E-state index in [0.717, 1.165) is 12.5 Å². The van der Waals surface area contributed by atoms with Crippen molar-refractivity contribution in [2.75, 3.05) is 12.3 Å². The molecular formula is C19H31NS. The predicted octanol–water partition coefficient (Wildman–Crippen LogP) is 5.24. The summed E-state index contributed by atoms with van der Waals surface area (Å²) in [6.45, 7) is 10.1. The quantitative estimate of drug-likeness (QED) is 0.721. The minimum atomic E-state index is 0.249. The highest BCUT2D eigenvalue weighted by Gasteiger charge is 2.24. The van der Waals surface area contributed by atoms with Crippen molar-refractivity contribution in [1.29, 1.82) is 0 Å². The van der Waals surface area contributed by atoms with Gasteiger partial charge < -0.3 is 5.32 Å². The van der Waals surface area contributed by atoms with Gasteiger partial charge in [0.25, 0.3) is 0 Å². The van der Waals surface area contributed by atoms with E-state index in [9.17, 15) is 0 Å². The molecule has 0 aliphatic heterocycles. The highest BCUT2D eigenvalue weighted by molar-refractivity contribution is 7.99. The molecule has 1 atom stereocenters. The zero-order valence-corrected chi connectivity index (χ0v) is 14.9. The lowest BCUT2D eigenvalue weighted by molar-refractivity contribution is 0.394. The van der Waals surface area contributed by atoms with Crippen LogP contribution in [0.15, 0.2) is 29.2 Å². The van der Waals surface area contributed by atoms with E-state index in [4.69, 9.17) is 0 Å². The fourth-order valence-electron chi connectivity index (χ4n) is 3.22. The van der Waals surface area contributed by atoms with Crippen molar-refractivity contribution in [3.05, 3.63) is 29.8 Å². The molecule has 2 heteroatoms.